The maximum atomic E-state index is 6.36. The van der Waals surface area contributed by atoms with Gasteiger partial charge in [-0.15, -0.1) is 0 Å². The summed E-state index contributed by atoms with van der Waals surface area (Å²) >= 11 is 6.05. The van der Waals surface area contributed by atoms with Gasteiger partial charge in [0.05, 0.1) is 12.6 Å². The first kappa shape index (κ1) is 14.8. The van der Waals surface area contributed by atoms with Crippen LogP contribution in [0.25, 0.3) is 0 Å². The van der Waals surface area contributed by atoms with Crippen molar-refractivity contribution in [3.63, 3.8) is 0 Å². The minimum Gasteiger partial charge on any atom is -0.383 e. The Labute approximate surface area is 120 Å². The molecule has 0 aromatic heterocycles. The van der Waals surface area contributed by atoms with Gasteiger partial charge in [-0.3, -0.25) is 4.90 Å². The molecule has 1 aromatic carbocycles. The van der Waals surface area contributed by atoms with E-state index in [2.05, 4.69) is 17.9 Å². The number of nitrogens with two attached hydrogens (primary N) is 1. The molecule has 0 bridgehead atoms. The summed E-state index contributed by atoms with van der Waals surface area (Å²) in [5, 5.41) is 0.786. The second kappa shape index (κ2) is 6.71. The number of ether oxygens (including phenoxy) is 1. The first-order valence-corrected chi connectivity index (χ1v) is 7.26. The predicted octanol–water partition coefficient (Wildman–Crippen LogP) is 2.76. The molecule has 1 heterocycles. The Bertz CT molecular complexity index is 425. The summed E-state index contributed by atoms with van der Waals surface area (Å²) in [4.78, 5) is 2.44. The van der Waals surface area contributed by atoms with Crippen LogP contribution in [-0.4, -0.2) is 37.7 Å². The molecule has 4 heteroatoms. The number of likely N-dealkylation sites (tertiary alicyclic amines) is 1. The predicted molar refractivity (Wildman–Crippen MR) is 79.6 cm³/mol. The Morgan fingerprint density at radius 1 is 1.47 bits per heavy atom. The smallest absolute Gasteiger partial charge is 0.0589 e. The molecule has 2 atom stereocenters. The molecule has 19 heavy (non-hydrogen) atoms. The average Bonchev–Trinajstić information content (AvgIpc) is 2.37. The van der Waals surface area contributed by atoms with E-state index in [1.807, 2.05) is 12.1 Å². The Morgan fingerprint density at radius 2 is 2.26 bits per heavy atom. The van der Waals surface area contributed by atoms with Gasteiger partial charge in [-0.2, -0.15) is 0 Å². The molecule has 2 rings (SSSR count). The highest BCUT2D eigenvalue weighted by molar-refractivity contribution is 6.30. The van der Waals surface area contributed by atoms with Crippen molar-refractivity contribution in [2.24, 2.45) is 5.73 Å². The van der Waals surface area contributed by atoms with Crippen molar-refractivity contribution in [1.82, 2.24) is 4.90 Å². The molecular weight excluding hydrogens is 260 g/mol. The van der Waals surface area contributed by atoms with E-state index in [4.69, 9.17) is 22.1 Å². The van der Waals surface area contributed by atoms with E-state index in [1.165, 1.54) is 11.1 Å². The van der Waals surface area contributed by atoms with E-state index < -0.39 is 0 Å². The lowest BCUT2D eigenvalue weighted by atomic mass is 9.88. The molecule has 1 aromatic rings. The van der Waals surface area contributed by atoms with Crippen LogP contribution in [0.4, 0.5) is 0 Å². The van der Waals surface area contributed by atoms with Crippen molar-refractivity contribution in [2.45, 2.75) is 31.8 Å². The zero-order valence-electron chi connectivity index (χ0n) is 11.7. The third kappa shape index (κ3) is 3.48. The fourth-order valence-corrected chi connectivity index (χ4v) is 3.18. The molecule has 1 aliphatic heterocycles. The summed E-state index contributed by atoms with van der Waals surface area (Å²) in [5.41, 5.74) is 8.88. The standard InChI is InChI=1S/C15H23ClN2O/c1-11-10-12(16)5-6-13(11)15-14(17)4-3-7-18(15)8-9-19-2/h5-6,10,14-15H,3-4,7-9,17H2,1-2H3. The van der Waals surface area contributed by atoms with Crippen LogP contribution in [0.15, 0.2) is 18.2 Å². The van der Waals surface area contributed by atoms with Crippen molar-refractivity contribution >= 4 is 11.6 Å². The van der Waals surface area contributed by atoms with Crippen LogP contribution in [0.3, 0.4) is 0 Å². The molecule has 1 aliphatic rings. The Morgan fingerprint density at radius 3 is 2.95 bits per heavy atom. The van der Waals surface area contributed by atoms with E-state index in [-0.39, 0.29) is 12.1 Å². The molecule has 1 fully saturated rings. The number of hydrogen-bond donors (Lipinski definition) is 1. The normalized spacial score (nSPS) is 24.6. The zero-order valence-corrected chi connectivity index (χ0v) is 12.5. The molecule has 0 aliphatic carbocycles. The van der Waals surface area contributed by atoms with Crippen LogP contribution < -0.4 is 5.73 Å². The Hall–Kier alpha value is -0.610. The summed E-state index contributed by atoms with van der Waals surface area (Å²) in [7, 11) is 1.74. The lowest BCUT2D eigenvalue weighted by Gasteiger charge is -2.40. The number of hydrogen-bond acceptors (Lipinski definition) is 3. The maximum absolute atomic E-state index is 6.36. The fraction of sp³-hybridized carbons (Fsp3) is 0.600. The van der Waals surface area contributed by atoms with Crippen LogP contribution >= 0.6 is 11.6 Å². The number of methoxy groups -OCH3 is 1. The summed E-state index contributed by atoms with van der Waals surface area (Å²) in [6.07, 6.45) is 2.24. The highest BCUT2D eigenvalue weighted by Gasteiger charge is 2.30. The number of halogens is 1. The summed E-state index contributed by atoms with van der Waals surface area (Å²) < 4.78 is 5.21. The lowest BCUT2D eigenvalue weighted by Crippen LogP contribution is -2.47. The van der Waals surface area contributed by atoms with Gasteiger partial charge in [0.25, 0.3) is 0 Å². The van der Waals surface area contributed by atoms with Crippen molar-refractivity contribution in [3.05, 3.63) is 34.3 Å². The maximum Gasteiger partial charge on any atom is 0.0589 e. The molecule has 106 valence electrons. The van der Waals surface area contributed by atoms with E-state index in [0.29, 0.717) is 0 Å². The number of nitrogens with zero attached hydrogens (tertiary/aromatic N) is 1. The van der Waals surface area contributed by atoms with E-state index >= 15 is 0 Å². The van der Waals surface area contributed by atoms with Gasteiger partial charge < -0.3 is 10.5 Å². The van der Waals surface area contributed by atoms with Crippen LogP contribution in [0.1, 0.15) is 30.0 Å². The number of rotatable bonds is 4. The molecule has 3 nitrogen and oxygen atoms in total. The average molecular weight is 283 g/mol. The minimum absolute atomic E-state index is 0.186. The molecule has 0 amide bonds. The van der Waals surface area contributed by atoms with Crippen LogP contribution in [0, 0.1) is 6.92 Å². The number of piperidine rings is 1. The van der Waals surface area contributed by atoms with Gasteiger partial charge >= 0.3 is 0 Å². The van der Waals surface area contributed by atoms with E-state index in [0.717, 1.165) is 37.6 Å². The fourth-order valence-electron chi connectivity index (χ4n) is 2.96. The lowest BCUT2D eigenvalue weighted by molar-refractivity contribution is 0.0845. The zero-order chi connectivity index (χ0) is 13.8. The van der Waals surface area contributed by atoms with Crippen LogP contribution in [0.2, 0.25) is 5.02 Å². The van der Waals surface area contributed by atoms with Gasteiger partial charge in [0.2, 0.25) is 0 Å². The number of benzene rings is 1. The van der Waals surface area contributed by atoms with Gasteiger partial charge in [0.1, 0.15) is 0 Å². The van der Waals surface area contributed by atoms with Crippen LogP contribution in [0.5, 0.6) is 0 Å². The van der Waals surface area contributed by atoms with Gasteiger partial charge in [0, 0.05) is 24.7 Å². The Kier molecular flexibility index (Phi) is 5.22. The quantitative estimate of drug-likeness (QED) is 0.923. The van der Waals surface area contributed by atoms with E-state index in [1.54, 1.807) is 7.11 Å². The second-order valence-electron chi connectivity index (χ2n) is 5.28. The summed E-state index contributed by atoms with van der Waals surface area (Å²) in [5.74, 6) is 0. The van der Waals surface area contributed by atoms with E-state index in [9.17, 15) is 0 Å². The van der Waals surface area contributed by atoms with Gasteiger partial charge in [-0.1, -0.05) is 17.7 Å². The minimum atomic E-state index is 0.186. The third-order valence-electron chi connectivity index (χ3n) is 3.91. The number of aryl methyl sites for hydroxylation is 1. The molecule has 2 unspecified atom stereocenters. The first-order valence-electron chi connectivity index (χ1n) is 6.88. The van der Waals surface area contributed by atoms with Crippen molar-refractivity contribution in [3.8, 4) is 0 Å². The molecule has 0 spiro atoms. The van der Waals surface area contributed by atoms with Gasteiger partial charge in [0.15, 0.2) is 0 Å². The molecule has 0 saturated carbocycles. The van der Waals surface area contributed by atoms with Crippen LogP contribution in [-0.2, 0) is 4.74 Å². The molecule has 1 saturated heterocycles. The first-order chi connectivity index (χ1) is 9.13. The monoisotopic (exact) mass is 282 g/mol. The van der Waals surface area contributed by atoms with Gasteiger partial charge in [-0.25, -0.2) is 0 Å². The molecule has 0 radical (unpaired) electrons. The largest absolute Gasteiger partial charge is 0.383 e. The highest BCUT2D eigenvalue weighted by Crippen LogP contribution is 2.32. The summed E-state index contributed by atoms with van der Waals surface area (Å²) in [6.45, 7) is 4.87. The van der Waals surface area contributed by atoms with Crippen molar-refractivity contribution in [1.29, 1.82) is 0 Å². The third-order valence-corrected chi connectivity index (χ3v) is 4.15. The second-order valence-corrected chi connectivity index (χ2v) is 5.72. The highest BCUT2D eigenvalue weighted by atomic mass is 35.5. The SMILES string of the molecule is COCCN1CCCC(N)C1c1ccc(Cl)cc1C. The topological polar surface area (TPSA) is 38.5 Å². The van der Waals surface area contributed by atoms with Gasteiger partial charge in [-0.05, 0) is 49.6 Å². The Balaban J connectivity index is 2.25. The van der Waals surface area contributed by atoms with Crippen molar-refractivity contribution < 1.29 is 4.74 Å². The van der Waals surface area contributed by atoms with Crippen molar-refractivity contribution in [2.75, 3.05) is 26.8 Å². The summed E-state index contributed by atoms with van der Waals surface area (Å²) in [6, 6.07) is 6.56. The molecule has 2 N–H and O–H groups in total. The molecular formula is C15H23ClN2O.